The van der Waals surface area contributed by atoms with E-state index in [-0.39, 0.29) is 42.0 Å². The number of ether oxygens (including phenoxy) is 1. The summed E-state index contributed by atoms with van der Waals surface area (Å²) in [5, 5.41) is 9.19. The molecule has 2 aromatic rings. The Morgan fingerprint density at radius 2 is 1.88 bits per heavy atom. The second-order valence-corrected chi connectivity index (χ2v) is 11.9. The molecule has 0 unspecified atom stereocenters. The Morgan fingerprint density at radius 3 is 2.64 bits per heavy atom. The van der Waals surface area contributed by atoms with Crippen molar-refractivity contribution in [3.8, 4) is 0 Å². The quantitative estimate of drug-likeness (QED) is 0.471. The van der Waals surface area contributed by atoms with Crippen molar-refractivity contribution >= 4 is 23.4 Å². The first-order chi connectivity index (χ1) is 20.3. The van der Waals surface area contributed by atoms with Crippen molar-refractivity contribution in [2.45, 2.75) is 57.5 Å². The molecule has 3 N–H and O–H groups in total. The number of hydrogen-bond donors (Lipinski definition) is 3. The Hall–Kier alpha value is -3.56. The zero-order chi connectivity index (χ0) is 29.5. The highest BCUT2D eigenvalue weighted by Crippen LogP contribution is 2.36. The third kappa shape index (κ3) is 7.44. The topological polar surface area (TPSA) is 99.8 Å². The standard InChI is InChI=1S/C33H41FN4O4/c1-23-10-11-26(20-27(23)34)35-30(39)22-38-16-12-28-25(21-38)9-5-6-13-33(14-17-42-18-15-33)32(41)37-29(31(40)36-28)19-24-7-3-2-4-8-24/h2-8,10-11,20,25,28-29H,9,12-19,21-22H2,1H3,(H,35,39)(H,36,40)(H,37,41)/b6-5+/t25-,28-,29-/m1/s1. The van der Waals surface area contributed by atoms with Gasteiger partial charge in [0, 0.05) is 44.5 Å². The Bertz CT molecular complexity index is 1290. The van der Waals surface area contributed by atoms with E-state index in [1.165, 1.54) is 6.07 Å². The summed E-state index contributed by atoms with van der Waals surface area (Å²) in [4.78, 5) is 42.3. The highest BCUT2D eigenvalue weighted by molar-refractivity contribution is 5.92. The summed E-state index contributed by atoms with van der Waals surface area (Å²) < 4.78 is 19.5. The van der Waals surface area contributed by atoms with E-state index in [9.17, 15) is 18.8 Å². The molecule has 0 radical (unpaired) electrons. The van der Waals surface area contributed by atoms with Crippen LogP contribution in [0.25, 0.3) is 0 Å². The number of rotatable bonds is 5. The number of amides is 3. The molecular formula is C33H41FN4O4. The lowest BCUT2D eigenvalue weighted by atomic mass is 9.75. The smallest absolute Gasteiger partial charge is 0.243 e. The lowest BCUT2D eigenvalue weighted by Crippen LogP contribution is -2.58. The minimum Gasteiger partial charge on any atom is -0.381 e. The van der Waals surface area contributed by atoms with E-state index < -0.39 is 11.5 Å². The molecule has 3 aliphatic rings. The van der Waals surface area contributed by atoms with Gasteiger partial charge in [-0.25, -0.2) is 4.39 Å². The second-order valence-electron chi connectivity index (χ2n) is 11.9. The zero-order valence-corrected chi connectivity index (χ0v) is 24.2. The number of nitrogens with one attached hydrogen (secondary N) is 3. The summed E-state index contributed by atoms with van der Waals surface area (Å²) >= 11 is 0. The number of carbonyl (C=O) groups excluding carboxylic acids is 3. The normalized spacial score (nSPS) is 25.7. The van der Waals surface area contributed by atoms with Crippen LogP contribution in [-0.2, 0) is 25.5 Å². The van der Waals surface area contributed by atoms with E-state index in [2.05, 4.69) is 33.0 Å². The number of hydrogen-bond acceptors (Lipinski definition) is 5. The molecule has 224 valence electrons. The van der Waals surface area contributed by atoms with E-state index in [1.54, 1.807) is 19.1 Å². The minimum atomic E-state index is -0.692. The summed E-state index contributed by atoms with van der Waals surface area (Å²) in [7, 11) is 0. The van der Waals surface area contributed by atoms with Crippen LogP contribution in [0.3, 0.4) is 0 Å². The Labute approximate surface area is 247 Å². The fraction of sp³-hybridized carbons (Fsp3) is 0.485. The van der Waals surface area contributed by atoms with E-state index in [0.29, 0.717) is 69.7 Å². The molecule has 2 fully saturated rings. The van der Waals surface area contributed by atoms with Crippen LogP contribution in [0.2, 0.25) is 0 Å². The number of anilines is 1. The third-order valence-corrected chi connectivity index (χ3v) is 8.92. The van der Waals surface area contributed by atoms with Gasteiger partial charge in [-0.3, -0.25) is 19.3 Å². The Balaban J connectivity index is 1.31. The van der Waals surface area contributed by atoms with Crippen LogP contribution in [0.4, 0.5) is 10.1 Å². The maximum atomic E-state index is 13.9. The monoisotopic (exact) mass is 576 g/mol. The van der Waals surface area contributed by atoms with Gasteiger partial charge in [0.15, 0.2) is 0 Å². The molecule has 1 spiro atoms. The van der Waals surface area contributed by atoms with Crippen molar-refractivity contribution in [1.82, 2.24) is 15.5 Å². The van der Waals surface area contributed by atoms with E-state index in [0.717, 1.165) is 12.0 Å². The van der Waals surface area contributed by atoms with Crippen LogP contribution in [-0.4, -0.2) is 67.6 Å². The van der Waals surface area contributed by atoms with Gasteiger partial charge in [0.05, 0.1) is 12.0 Å². The van der Waals surface area contributed by atoms with Crippen molar-refractivity contribution in [3.63, 3.8) is 0 Å². The van der Waals surface area contributed by atoms with Crippen molar-refractivity contribution in [1.29, 1.82) is 0 Å². The number of nitrogens with zero attached hydrogens (tertiary/aromatic N) is 1. The maximum Gasteiger partial charge on any atom is 0.243 e. The summed E-state index contributed by atoms with van der Waals surface area (Å²) in [5.74, 6) is -0.716. The maximum absolute atomic E-state index is 13.9. The summed E-state index contributed by atoms with van der Waals surface area (Å²) in [6.45, 7) is 4.19. The minimum absolute atomic E-state index is 0.0840. The van der Waals surface area contributed by atoms with Gasteiger partial charge in [0.25, 0.3) is 0 Å². The zero-order valence-electron chi connectivity index (χ0n) is 24.2. The number of piperidine rings is 1. The van der Waals surface area contributed by atoms with Gasteiger partial charge < -0.3 is 20.7 Å². The number of carbonyl (C=O) groups is 3. The number of halogens is 1. The van der Waals surface area contributed by atoms with E-state index >= 15 is 0 Å². The highest BCUT2D eigenvalue weighted by atomic mass is 19.1. The van der Waals surface area contributed by atoms with Gasteiger partial charge in [-0.2, -0.15) is 0 Å². The molecule has 5 rings (SSSR count). The van der Waals surface area contributed by atoms with Crippen molar-refractivity contribution in [2.75, 3.05) is 38.2 Å². The van der Waals surface area contributed by atoms with Crippen LogP contribution in [0.5, 0.6) is 0 Å². The number of aryl methyl sites for hydroxylation is 1. The van der Waals surface area contributed by atoms with Crippen molar-refractivity contribution < 1.29 is 23.5 Å². The molecule has 3 amide bonds. The van der Waals surface area contributed by atoms with E-state index in [4.69, 9.17) is 4.74 Å². The molecule has 0 aliphatic carbocycles. The highest BCUT2D eigenvalue weighted by Gasteiger charge is 2.41. The summed E-state index contributed by atoms with van der Waals surface area (Å²) in [6.07, 6.45) is 7.87. The first kappa shape index (κ1) is 29.9. The van der Waals surface area contributed by atoms with Crippen LogP contribution in [0, 0.1) is 24.1 Å². The number of likely N-dealkylation sites (tertiary alicyclic amines) is 1. The predicted octanol–water partition coefficient (Wildman–Crippen LogP) is 3.75. The molecule has 2 saturated heterocycles. The van der Waals surface area contributed by atoms with Crippen molar-refractivity contribution in [2.24, 2.45) is 11.3 Å². The van der Waals surface area contributed by atoms with Crippen LogP contribution >= 0.6 is 0 Å². The Morgan fingerprint density at radius 1 is 1.10 bits per heavy atom. The number of allylic oxidation sites excluding steroid dienone is 2. The second kappa shape index (κ2) is 13.6. The Kier molecular flexibility index (Phi) is 9.69. The molecule has 2 aromatic carbocycles. The van der Waals surface area contributed by atoms with Gasteiger partial charge >= 0.3 is 0 Å². The van der Waals surface area contributed by atoms with Crippen LogP contribution < -0.4 is 16.0 Å². The van der Waals surface area contributed by atoms with Gasteiger partial charge in [-0.05, 0) is 68.2 Å². The fourth-order valence-electron chi connectivity index (χ4n) is 6.27. The van der Waals surface area contributed by atoms with Gasteiger partial charge in [0.2, 0.25) is 17.7 Å². The molecule has 0 aromatic heterocycles. The first-order valence-electron chi connectivity index (χ1n) is 15.0. The van der Waals surface area contributed by atoms with Crippen LogP contribution in [0.15, 0.2) is 60.7 Å². The van der Waals surface area contributed by atoms with Gasteiger partial charge in [0.1, 0.15) is 11.9 Å². The third-order valence-electron chi connectivity index (χ3n) is 8.92. The predicted molar refractivity (Wildman–Crippen MR) is 159 cm³/mol. The summed E-state index contributed by atoms with van der Waals surface area (Å²) in [5.41, 5.74) is 1.35. The largest absolute Gasteiger partial charge is 0.381 e. The average molecular weight is 577 g/mol. The molecule has 3 heterocycles. The lowest BCUT2D eigenvalue weighted by molar-refractivity contribution is -0.140. The molecule has 3 aliphatic heterocycles. The molecule has 0 saturated carbocycles. The van der Waals surface area contributed by atoms with E-state index in [1.807, 2.05) is 30.3 Å². The van der Waals surface area contributed by atoms with Gasteiger partial charge in [-0.1, -0.05) is 48.6 Å². The SMILES string of the molecule is Cc1ccc(NC(=O)CN2CC[C@H]3NC(=O)[C@@H](Cc4ccccc4)NC(=O)C4(C/C=C/C[C@@H]3C2)CCOCC4)cc1F. The molecular weight excluding hydrogens is 535 g/mol. The molecule has 8 nitrogen and oxygen atoms in total. The molecule has 9 heteroatoms. The number of fused-ring (bicyclic) bond motifs is 1. The van der Waals surface area contributed by atoms with Crippen LogP contribution in [0.1, 0.15) is 43.2 Å². The molecule has 0 bridgehead atoms. The molecule has 3 atom stereocenters. The van der Waals surface area contributed by atoms with Crippen molar-refractivity contribution in [3.05, 3.63) is 77.6 Å². The first-order valence-corrected chi connectivity index (χ1v) is 15.0. The lowest BCUT2D eigenvalue weighted by Gasteiger charge is -2.40. The molecule has 42 heavy (non-hydrogen) atoms. The fourth-order valence-corrected chi connectivity index (χ4v) is 6.27. The average Bonchev–Trinajstić information content (AvgIpc) is 2.98. The van der Waals surface area contributed by atoms with Gasteiger partial charge in [-0.15, -0.1) is 0 Å². The summed E-state index contributed by atoms with van der Waals surface area (Å²) in [6, 6.07) is 13.7. The number of benzene rings is 2.